The van der Waals surface area contributed by atoms with E-state index in [-0.39, 0.29) is 23.8 Å². The molecule has 7 heteroatoms. The predicted octanol–water partition coefficient (Wildman–Crippen LogP) is 5.77. The summed E-state index contributed by atoms with van der Waals surface area (Å²) >= 11 is 10.3. The Kier molecular flexibility index (Phi) is 6.11. The van der Waals surface area contributed by atoms with Crippen molar-refractivity contribution in [3.05, 3.63) is 103 Å². The van der Waals surface area contributed by atoms with E-state index in [0.717, 1.165) is 31.3 Å². The number of rotatable bonds is 3. The Bertz CT molecular complexity index is 1100. The molecule has 0 saturated carbocycles. The number of hydrogen-bond acceptors (Lipinski definition) is 2. The Morgan fingerprint density at radius 2 is 1.72 bits per heavy atom. The van der Waals surface area contributed by atoms with Gasteiger partial charge in [-0.3, -0.25) is 0 Å². The maximum absolute atomic E-state index is 13.8. The van der Waals surface area contributed by atoms with Crippen molar-refractivity contribution in [2.45, 2.75) is 12.2 Å². The number of benzene rings is 3. The molecule has 2 unspecified atom stereocenters. The molecule has 3 nitrogen and oxygen atoms in total. The minimum atomic E-state index is -0.298. The van der Waals surface area contributed by atoms with E-state index in [4.69, 9.17) is 0 Å². The molecule has 1 aliphatic rings. The standard InChI is InChI=1S/C22H16Br3FN2O/c23-14-3-1-2-12(8-14)19-11-20(16-10-15(24)5-7-21(16)29)28-22(27-19)13-4-6-18(26)17(25)9-13/h1-11,20,22,27-29H/p+1. The number of quaternary nitrogens is 1. The van der Waals surface area contributed by atoms with Crippen molar-refractivity contribution in [1.82, 2.24) is 5.32 Å². The van der Waals surface area contributed by atoms with Crippen LogP contribution in [0.2, 0.25) is 0 Å². The van der Waals surface area contributed by atoms with Gasteiger partial charge in [-0.05, 0) is 70.0 Å². The Morgan fingerprint density at radius 3 is 2.48 bits per heavy atom. The van der Waals surface area contributed by atoms with Crippen LogP contribution in [0.3, 0.4) is 0 Å². The van der Waals surface area contributed by atoms with Gasteiger partial charge in [-0.15, -0.1) is 0 Å². The van der Waals surface area contributed by atoms with Gasteiger partial charge in [0.05, 0.1) is 10.0 Å². The second kappa shape index (κ2) is 8.60. The summed E-state index contributed by atoms with van der Waals surface area (Å²) in [7, 11) is 0. The molecule has 3 aromatic rings. The molecule has 3 aromatic carbocycles. The quantitative estimate of drug-likeness (QED) is 0.367. The third kappa shape index (κ3) is 4.58. The van der Waals surface area contributed by atoms with E-state index in [2.05, 4.69) is 64.5 Å². The molecule has 0 bridgehead atoms. The molecule has 0 radical (unpaired) electrons. The number of nitrogens with two attached hydrogens (primary N) is 1. The van der Waals surface area contributed by atoms with Gasteiger partial charge in [-0.1, -0.05) is 44.0 Å². The van der Waals surface area contributed by atoms with Crippen molar-refractivity contribution in [3.63, 3.8) is 0 Å². The molecular weight excluding hydrogens is 567 g/mol. The second-order valence-electron chi connectivity index (χ2n) is 6.81. The Morgan fingerprint density at radius 1 is 0.931 bits per heavy atom. The van der Waals surface area contributed by atoms with Crippen LogP contribution in [0.5, 0.6) is 5.75 Å². The van der Waals surface area contributed by atoms with Crippen molar-refractivity contribution >= 4 is 53.5 Å². The van der Waals surface area contributed by atoms with Gasteiger partial charge in [0, 0.05) is 26.3 Å². The summed E-state index contributed by atoms with van der Waals surface area (Å²) < 4.78 is 16.1. The van der Waals surface area contributed by atoms with Crippen LogP contribution in [0.15, 0.2) is 80.2 Å². The average Bonchev–Trinajstić information content (AvgIpc) is 2.71. The zero-order valence-corrected chi connectivity index (χ0v) is 19.8. The highest BCUT2D eigenvalue weighted by molar-refractivity contribution is 9.11. The van der Waals surface area contributed by atoms with Crippen LogP contribution in [-0.4, -0.2) is 5.11 Å². The molecule has 1 aliphatic heterocycles. The van der Waals surface area contributed by atoms with Gasteiger partial charge in [-0.2, -0.15) is 0 Å². The van der Waals surface area contributed by atoms with Crippen molar-refractivity contribution in [2.24, 2.45) is 0 Å². The maximum atomic E-state index is 13.8. The van der Waals surface area contributed by atoms with Gasteiger partial charge in [0.1, 0.15) is 17.6 Å². The van der Waals surface area contributed by atoms with Gasteiger partial charge in [-0.25, -0.2) is 4.39 Å². The number of aromatic hydroxyl groups is 1. The molecule has 1 heterocycles. The average molecular weight is 584 g/mol. The molecule has 0 aromatic heterocycles. The maximum Gasteiger partial charge on any atom is 0.186 e. The summed E-state index contributed by atoms with van der Waals surface area (Å²) in [4.78, 5) is 0. The molecular formula is C22H17Br3FN2O+. The first-order valence-corrected chi connectivity index (χ1v) is 11.3. The van der Waals surface area contributed by atoms with Crippen molar-refractivity contribution in [2.75, 3.05) is 0 Å². The molecule has 0 saturated heterocycles. The topological polar surface area (TPSA) is 48.9 Å². The minimum Gasteiger partial charge on any atom is -0.507 e. The van der Waals surface area contributed by atoms with Crippen molar-refractivity contribution in [3.8, 4) is 5.75 Å². The van der Waals surface area contributed by atoms with Crippen LogP contribution in [0.25, 0.3) is 5.70 Å². The molecule has 0 amide bonds. The van der Waals surface area contributed by atoms with Crippen LogP contribution in [-0.2, 0) is 0 Å². The summed E-state index contributed by atoms with van der Waals surface area (Å²) in [5, 5.41) is 16.1. The van der Waals surface area contributed by atoms with E-state index in [9.17, 15) is 9.50 Å². The number of nitrogens with one attached hydrogen (secondary N) is 1. The van der Waals surface area contributed by atoms with Crippen molar-refractivity contribution in [1.29, 1.82) is 0 Å². The summed E-state index contributed by atoms with van der Waals surface area (Å²) in [6, 6.07) is 18.3. The zero-order chi connectivity index (χ0) is 20.5. The molecule has 148 valence electrons. The highest BCUT2D eigenvalue weighted by Crippen LogP contribution is 2.32. The van der Waals surface area contributed by atoms with E-state index in [1.54, 1.807) is 18.2 Å². The highest BCUT2D eigenvalue weighted by Gasteiger charge is 2.30. The van der Waals surface area contributed by atoms with Gasteiger partial charge in [0.25, 0.3) is 0 Å². The van der Waals surface area contributed by atoms with Gasteiger partial charge in [0.15, 0.2) is 6.17 Å². The molecule has 4 N–H and O–H groups in total. The summed E-state index contributed by atoms with van der Waals surface area (Å²) in [6.07, 6.45) is 1.94. The van der Waals surface area contributed by atoms with E-state index in [1.165, 1.54) is 6.07 Å². The largest absolute Gasteiger partial charge is 0.507 e. The number of phenolic OH excluding ortho intramolecular Hbond substituents is 1. The Balaban J connectivity index is 1.79. The lowest BCUT2D eigenvalue weighted by atomic mass is 9.98. The van der Waals surface area contributed by atoms with Crippen LogP contribution in [0.1, 0.15) is 28.9 Å². The minimum absolute atomic E-state index is 0.128. The van der Waals surface area contributed by atoms with Crippen LogP contribution < -0.4 is 10.6 Å². The lowest BCUT2D eigenvalue weighted by Crippen LogP contribution is -2.89. The molecule has 2 atom stereocenters. The fourth-order valence-electron chi connectivity index (χ4n) is 3.43. The second-order valence-corrected chi connectivity index (χ2v) is 9.49. The molecule has 0 aliphatic carbocycles. The van der Waals surface area contributed by atoms with Crippen LogP contribution in [0.4, 0.5) is 4.39 Å². The van der Waals surface area contributed by atoms with Gasteiger partial charge >= 0.3 is 0 Å². The third-order valence-corrected chi connectivity index (χ3v) is 6.44. The Hall–Kier alpha value is -1.67. The fraction of sp³-hybridized carbons (Fsp3) is 0.0909. The SMILES string of the molecule is Oc1ccc(Br)cc1C1C=C(c2cccc(Br)c2)NC(c2ccc(F)c(Br)c2)[NH2+]1. The van der Waals surface area contributed by atoms with E-state index in [1.807, 2.05) is 36.4 Å². The monoisotopic (exact) mass is 581 g/mol. The van der Waals surface area contributed by atoms with E-state index < -0.39 is 0 Å². The zero-order valence-electron chi connectivity index (χ0n) is 15.0. The normalized spacial score (nSPS) is 18.8. The number of halogens is 4. The summed E-state index contributed by atoms with van der Waals surface area (Å²) in [6.45, 7) is 0. The lowest BCUT2D eigenvalue weighted by Gasteiger charge is -2.30. The lowest BCUT2D eigenvalue weighted by molar-refractivity contribution is -0.731. The summed E-state index contributed by atoms with van der Waals surface area (Å²) in [5.74, 6) is -0.0614. The van der Waals surface area contributed by atoms with Crippen LogP contribution >= 0.6 is 47.8 Å². The highest BCUT2D eigenvalue weighted by atomic mass is 79.9. The van der Waals surface area contributed by atoms with Crippen molar-refractivity contribution < 1.29 is 14.8 Å². The predicted molar refractivity (Wildman–Crippen MR) is 123 cm³/mol. The number of hydrogen-bond donors (Lipinski definition) is 3. The smallest absolute Gasteiger partial charge is 0.186 e. The number of phenols is 1. The molecule has 0 spiro atoms. The first-order chi connectivity index (χ1) is 13.9. The van der Waals surface area contributed by atoms with E-state index in [0.29, 0.717) is 4.47 Å². The van der Waals surface area contributed by atoms with E-state index >= 15 is 0 Å². The molecule has 0 fully saturated rings. The molecule has 4 rings (SSSR count). The Labute approximate surface area is 193 Å². The third-order valence-electron chi connectivity index (χ3n) is 4.84. The van der Waals surface area contributed by atoms with Gasteiger partial charge < -0.3 is 15.7 Å². The first kappa shape index (κ1) is 20.6. The fourth-order valence-corrected chi connectivity index (χ4v) is 4.60. The van der Waals surface area contributed by atoms with Gasteiger partial charge in [0.2, 0.25) is 0 Å². The summed E-state index contributed by atoms with van der Waals surface area (Å²) in [5.41, 5.74) is 3.71. The first-order valence-electron chi connectivity index (χ1n) is 8.93. The van der Waals surface area contributed by atoms with Crippen LogP contribution in [0, 0.1) is 5.82 Å². The molecule has 29 heavy (non-hydrogen) atoms.